The monoisotopic (exact) mass is 144 g/mol. The quantitative estimate of drug-likeness (QED) is 0.531. The summed E-state index contributed by atoms with van der Waals surface area (Å²) in [5, 5.41) is 0. The van der Waals surface area contributed by atoms with Gasteiger partial charge in [0.05, 0.1) is 0 Å². The third-order valence-corrected chi connectivity index (χ3v) is 2.30. The van der Waals surface area contributed by atoms with E-state index in [1.165, 1.54) is 12.0 Å². The Kier molecular flexibility index (Phi) is 1.54. The molecule has 0 spiro atoms. The third kappa shape index (κ3) is 1.21. The molecule has 1 atom stereocenters. The number of hydrogen-bond acceptors (Lipinski definition) is 0. The Morgan fingerprint density at radius 2 is 2.00 bits per heavy atom. The van der Waals surface area contributed by atoms with Gasteiger partial charge in [-0.05, 0) is 18.9 Å². The maximum absolute atomic E-state index is 2.23. The van der Waals surface area contributed by atoms with Crippen LogP contribution in [0.3, 0.4) is 0 Å². The van der Waals surface area contributed by atoms with Gasteiger partial charge >= 0.3 is 0 Å². The van der Waals surface area contributed by atoms with Gasteiger partial charge in [0.1, 0.15) is 0 Å². The fourth-order valence-electron chi connectivity index (χ4n) is 1.51. The van der Waals surface area contributed by atoms with Crippen LogP contribution in [-0.4, -0.2) is 0 Å². The van der Waals surface area contributed by atoms with E-state index in [-0.39, 0.29) is 0 Å². The van der Waals surface area contributed by atoms with Crippen LogP contribution in [0.2, 0.25) is 0 Å². The summed E-state index contributed by atoms with van der Waals surface area (Å²) < 4.78 is 0. The molecule has 2 rings (SSSR count). The van der Waals surface area contributed by atoms with Crippen LogP contribution in [0.1, 0.15) is 24.8 Å². The van der Waals surface area contributed by atoms with Crippen molar-refractivity contribution in [1.29, 1.82) is 0 Å². The second-order valence-corrected chi connectivity index (χ2v) is 3.03. The molecule has 0 aromatic heterocycles. The van der Waals surface area contributed by atoms with Gasteiger partial charge in [-0.3, -0.25) is 0 Å². The molecule has 0 amide bonds. The van der Waals surface area contributed by atoms with E-state index in [9.17, 15) is 0 Å². The van der Waals surface area contributed by atoms with Crippen molar-refractivity contribution in [1.82, 2.24) is 0 Å². The fraction of sp³-hybridized carbons (Fsp3) is 0.273. The predicted octanol–water partition coefficient (Wildman–Crippen LogP) is 3.12. The summed E-state index contributed by atoms with van der Waals surface area (Å²) in [6.45, 7) is 2.12. The largest absolute Gasteiger partial charge is 0.0878 e. The number of allylic oxidation sites excluding steroid dienone is 2. The Bertz CT molecular complexity index is 269. The van der Waals surface area contributed by atoms with Gasteiger partial charge in [-0.25, -0.2) is 0 Å². The number of hydrogen-bond donors (Lipinski definition) is 0. The molecule has 0 aliphatic heterocycles. The molecule has 1 saturated carbocycles. The van der Waals surface area contributed by atoms with Crippen LogP contribution in [0.4, 0.5) is 0 Å². The van der Waals surface area contributed by atoms with Gasteiger partial charge in [-0.1, -0.05) is 42.0 Å². The van der Waals surface area contributed by atoms with Crippen LogP contribution >= 0.6 is 0 Å². The van der Waals surface area contributed by atoms with Gasteiger partial charge in [-0.15, -0.1) is 0 Å². The van der Waals surface area contributed by atoms with Crippen LogP contribution in [-0.2, 0) is 0 Å². The maximum Gasteiger partial charge on any atom is 0.00857 e. The van der Waals surface area contributed by atoms with Crippen molar-refractivity contribution in [2.24, 2.45) is 0 Å². The molecule has 56 valence electrons. The Morgan fingerprint density at radius 1 is 1.27 bits per heavy atom. The van der Waals surface area contributed by atoms with Crippen molar-refractivity contribution in [3.63, 3.8) is 0 Å². The average Bonchev–Trinajstić information content (AvgIpc) is 2.85. The zero-order chi connectivity index (χ0) is 7.68. The molecule has 1 aromatic rings. The molecule has 1 aliphatic carbocycles. The zero-order valence-corrected chi connectivity index (χ0v) is 6.75. The van der Waals surface area contributed by atoms with E-state index >= 15 is 0 Å². The van der Waals surface area contributed by atoms with E-state index in [0.29, 0.717) is 0 Å². The summed E-state index contributed by atoms with van der Waals surface area (Å²) in [5.74, 6) is 0.751. The Labute approximate surface area is 67.6 Å². The molecule has 1 fully saturated rings. The number of rotatable bonds is 1. The van der Waals surface area contributed by atoms with Crippen molar-refractivity contribution < 1.29 is 0 Å². The van der Waals surface area contributed by atoms with E-state index in [0.717, 1.165) is 5.92 Å². The zero-order valence-electron chi connectivity index (χ0n) is 6.75. The standard InChI is InChI=1S/C11H12/c1-2-9-8-11(9)10-6-4-3-5-7-10/h2-7,11H,8H2,1H3/b9-2-. The smallest absolute Gasteiger partial charge is 0.00857 e. The van der Waals surface area contributed by atoms with Gasteiger partial charge in [0.2, 0.25) is 0 Å². The van der Waals surface area contributed by atoms with Crippen molar-refractivity contribution in [2.45, 2.75) is 19.3 Å². The Morgan fingerprint density at radius 3 is 2.55 bits per heavy atom. The molecule has 0 saturated heterocycles. The summed E-state index contributed by atoms with van der Waals surface area (Å²) in [6.07, 6.45) is 3.51. The molecule has 0 heteroatoms. The minimum Gasteiger partial charge on any atom is -0.0878 e. The van der Waals surface area contributed by atoms with Gasteiger partial charge in [-0.2, -0.15) is 0 Å². The van der Waals surface area contributed by atoms with E-state index in [4.69, 9.17) is 0 Å². The van der Waals surface area contributed by atoms with Crippen LogP contribution in [0.25, 0.3) is 0 Å². The summed E-state index contributed by atoms with van der Waals surface area (Å²) in [7, 11) is 0. The van der Waals surface area contributed by atoms with E-state index < -0.39 is 0 Å². The topological polar surface area (TPSA) is 0 Å². The molecule has 1 aliphatic rings. The van der Waals surface area contributed by atoms with Crippen molar-refractivity contribution in [3.8, 4) is 0 Å². The predicted molar refractivity (Wildman–Crippen MR) is 47.6 cm³/mol. The Hall–Kier alpha value is -1.04. The van der Waals surface area contributed by atoms with Crippen molar-refractivity contribution >= 4 is 0 Å². The van der Waals surface area contributed by atoms with Gasteiger partial charge in [0, 0.05) is 5.92 Å². The second-order valence-electron chi connectivity index (χ2n) is 3.03. The first-order valence-electron chi connectivity index (χ1n) is 4.12. The van der Waals surface area contributed by atoms with E-state index in [2.05, 4.69) is 43.3 Å². The van der Waals surface area contributed by atoms with Gasteiger partial charge < -0.3 is 0 Å². The summed E-state index contributed by atoms with van der Waals surface area (Å²) in [5.41, 5.74) is 3.07. The summed E-state index contributed by atoms with van der Waals surface area (Å²) >= 11 is 0. The first-order chi connectivity index (χ1) is 5.42. The minimum atomic E-state index is 0.751. The lowest BCUT2D eigenvalue weighted by atomic mass is 10.1. The fourth-order valence-corrected chi connectivity index (χ4v) is 1.51. The lowest BCUT2D eigenvalue weighted by Gasteiger charge is -1.93. The molecular formula is C11H12. The van der Waals surface area contributed by atoms with Crippen LogP contribution in [0.15, 0.2) is 42.0 Å². The molecule has 1 aromatic carbocycles. The SMILES string of the molecule is C/C=C1/CC1c1ccccc1. The lowest BCUT2D eigenvalue weighted by molar-refractivity contribution is 1.16. The highest BCUT2D eigenvalue weighted by atomic mass is 14.3. The molecule has 0 bridgehead atoms. The minimum absolute atomic E-state index is 0.751. The molecule has 0 nitrogen and oxygen atoms in total. The molecule has 11 heavy (non-hydrogen) atoms. The first-order valence-corrected chi connectivity index (χ1v) is 4.12. The Balaban J connectivity index is 2.21. The maximum atomic E-state index is 2.23. The first kappa shape index (κ1) is 6.66. The normalized spacial score (nSPS) is 25.5. The van der Waals surface area contributed by atoms with E-state index in [1.807, 2.05) is 0 Å². The molecule has 0 heterocycles. The van der Waals surface area contributed by atoms with Gasteiger partial charge in [0.15, 0.2) is 0 Å². The highest BCUT2D eigenvalue weighted by Gasteiger charge is 2.29. The number of benzene rings is 1. The molecular weight excluding hydrogens is 132 g/mol. The highest BCUT2D eigenvalue weighted by Crippen LogP contribution is 2.46. The molecule has 0 radical (unpaired) electrons. The summed E-state index contributed by atoms with van der Waals surface area (Å²) in [6, 6.07) is 10.7. The summed E-state index contributed by atoms with van der Waals surface area (Å²) in [4.78, 5) is 0. The van der Waals surface area contributed by atoms with Crippen molar-refractivity contribution in [2.75, 3.05) is 0 Å². The second kappa shape index (κ2) is 2.54. The van der Waals surface area contributed by atoms with Gasteiger partial charge in [0.25, 0.3) is 0 Å². The van der Waals surface area contributed by atoms with Crippen molar-refractivity contribution in [3.05, 3.63) is 47.5 Å². The lowest BCUT2D eigenvalue weighted by Crippen LogP contribution is -1.75. The van der Waals surface area contributed by atoms with Crippen LogP contribution < -0.4 is 0 Å². The van der Waals surface area contributed by atoms with E-state index in [1.54, 1.807) is 5.57 Å². The van der Waals surface area contributed by atoms with Crippen LogP contribution in [0, 0.1) is 0 Å². The average molecular weight is 144 g/mol. The van der Waals surface area contributed by atoms with Crippen LogP contribution in [0.5, 0.6) is 0 Å². The third-order valence-electron chi connectivity index (χ3n) is 2.30. The molecule has 1 unspecified atom stereocenters. The highest BCUT2D eigenvalue weighted by molar-refractivity contribution is 5.40. The molecule has 0 N–H and O–H groups in total.